The standard InChI is InChI=1S/C26H33N3O3/c1-5-16-29-24(27-22-11-8-7-10-21(22)26(29)31)23(6-2)28(17-9-18-32-4)25(30)20-14-12-19(3)13-15-20/h7-8,10-15,23H,5-6,9,16-18H2,1-4H3. The van der Waals surface area contributed by atoms with Gasteiger partial charge in [0.25, 0.3) is 11.5 Å². The third kappa shape index (κ3) is 5.07. The molecule has 0 aliphatic carbocycles. The van der Waals surface area contributed by atoms with Crippen LogP contribution in [0.3, 0.4) is 0 Å². The number of hydrogen-bond acceptors (Lipinski definition) is 4. The summed E-state index contributed by atoms with van der Waals surface area (Å²) < 4.78 is 7.00. The Bertz CT molecular complexity index is 1110. The Hall–Kier alpha value is -2.99. The molecule has 0 aliphatic heterocycles. The zero-order valence-corrected chi connectivity index (χ0v) is 19.5. The first-order valence-electron chi connectivity index (χ1n) is 11.4. The highest BCUT2D eigenvalue weighted by molar-refractivity contribution is 5.94. The molecule has 1 unspecified atom stereocenters. The molecule has 0 N–H and O–H groups in total. The number of amides is 1. The fourth-order valence-electron chi connectivity index (χ4n) is 4.06. The first-order chi connectivity index (χ1) is 15.5. The highest BCUT2D eigenvalue weighted by atomic mass is 16.5. The van der Waals surface area contributed by atoms with E-state index in [2.05, 4.69) is 0 Å². The van der Waals surface area contributed by atoms with E-state index in [1.165, 1.54) is 0 Å². The lowest BCUT2D eigenvalue weighted by Gasteiger charge is -2.32. The van der Waals surface area contributed by atoms with Gasteiger partial charge in [-0.05, 0) is 50.5 Å². The first-order valence-corrected chi connectivity index (χ1v) is 11.4. The van der Waals surface area contributed by atoms with Crippen molar-refractivity contribution >= 4 is 16.8 Å². The average Bonchev–Trinajstić information content (AvgIpc) is 2.81. The summed E-state index contributed by atoms with van der Waals surface area (Å²) in [4.78, 5) is 33.7. The second-order valence-corrected chi connectivity index (χ2v) is 8.08. The van der Waals surface area contributed by atoms with Gasteiger partial charge >= 0.3 is 0 Å². The van der Waals surface area contributed by atoms with Gasteiger partial charge in [-0.15, -0.1) is 0 Å². The van der Waals surface area contributed by atoms with E-state index in [-0.39, 0.29) is 17.5 Å². The van der Waals surface area contributed by atoms with Gasteiger partial charge in [-0.1, -0.05) is 43.7 Å². The molecule has 6 nitrogen and oxygen atoms in total. The van der Waals surface area contributed by atoms with Crippen LogP contribution in [0.2, 0.25) is 0 Å². The Morgan fingerprint density at radius 2 is 1.84 bits per heavy atom. The summed E-state index contributed by atoms with van der Waals surface area (Å²) in [5, 5.41) is 0.607. The Labute approximate surface area is 189 Å². The number of carbonyl (C=O) groups excluding carboxylic acids is 1. The van der Waals surface area contributed by atoms with Crippen molar-refractivity contribution in [2.75, 3.05) is 20.3 Å². The molecule has 1 heterocycles. The van der Waals surface area contributed by atoms with E-state index in [9.17, 15) is 9.59 Å². The van der Waals surface area contributed by atoms with Gasteiger partial charge in [0.1, 0.15) is 5.82 Å². The number of nitrogens with zero attached hydrogens (tertiary/aromatic N) is 3. The van der Waals surface area contributed by atoms with Crippen LogP contribution in [-0.4, -0.2) is 40.6 Å². The van der Waals surface area contributed by atoms with Crippen molar-refractivity contribution < 1.29 is 9.53 Å². The second-order valence-electron chi connectivity index (χ2n) is 8.08. The van der Waals surface area contributed by atoms with Crippen LogP contribution in [-0.2, 0) is 11.3 Å². The minimum Gasteiger partial charge on any atom is -0.385 e. The summed E-state index contributed by atoms with van der Waals surface area (Å²) in [5.41, 5.74) is 2.35. The largest absolute Gasteiger partial charge is 0.385 e. The van der Waals surface area contributed by atoms with E-state index in [0.29, 0.717) is 54.8 Å². The minimum atomic E-state index is -0.315. The molecule has 0 bridgehead atoms. The Kier molecular flexibility index (Phi) is 8.17. The molecule has 3 aromatic rings. The molecular weight excluding hydrogens is 402 g/mol. The third-order valence-electron chi connectivity index (χ3n) is 5.71. The van der Waals surface area contributed by atoms with Gasteiger partial charge in [0, 0.05) is 32.4 Å². The lowest BCUT2D eigenvalue weighted by molar-refractivity contribution is 0.0631. The number of carbonyl (C=O) groups is 1. The van der Waals surface area contributed by atoms with Gasteiger partial charge in [-0.3, -0.25) is 14.2 Å². The first kappa shape index (κ1) is 23.7. The SMILES string of the molecule is CCCn1c(C(CC)N(CCCOC)C(=O)c2ccc(C)cc2)nc2ccccc2c1=O. The van der Waals surface area contributed by atoms with Crippen molar-refractivity contribution in [3.8, 4) is 0 Å². The van der Waals surface area contributed by atoms with E-state index in [1.54, 1.807) is 11.7 Å². The maximum Gasteiger partial charge on any atom is 0.261 e. The van der Waals surface area contributed by atoms with Gasteiger partial charge in [-0.25, -0.2) is 4.98 Å². The van der Waals surface area contributed by atoms with Crippen LogP contribution in [0.1, 0.15) is 60.9 Å². The quantitative estimate of drug-likeness (QED) is 0.431. The lowest BCUT2D eigenvalue weighted by Crippen LogP contribution is -2.39. The molecule has 6 heteroatoms. The zero-order valence-electron chi connectivity index (χ0n) is 19.5. The van der Waals surface area contributed by atoms with Gasteiger partial charge < -0.3 is 9.64 Å². The molecule has 2 aromatic carbocycles. The van der Waals surface area contributed by atoms with E-state index in [1.807, 2.05) is 74.2 Å². The molecular formula is C26H33N3O3. The number of aryl methyl sites for hydroxylation is 1. The van der Waals surface area contributed by atoms with Crippen molar-refractivity contribution in [1.29, 1.82) is 0 Å². The molecule has 1 amide bonds. The fraction of sp³-hybridized carbons (Fsp3) is 0.423. The Morgan fingerprint density at radius 3 is 2.50 bits per heavy atom. The van der Waals surface area contributed by atoms with Crippen LogP contribution in [0.15, 0.2) is 53.3 Å². The highest BCUT2D eigenvalue weighted by Gasteiger charge is 2.29. The molecule has 1 atom stereocenters. The van der Waals surface area contributed by atoms with Crippen molar-refractivity contribution in [1.82, 2.24) is 14.5 Å². The molecule has 0 spiro atoms. The van der Waals surface area contributed by atoms with Crippen LogP contribution in [0.4, 0.5) is 0 Å². The van der Waals surface area contributed by atoms with E-state index in [0.717, 1.165) is 12.0 Å². The van der Waals surface area contributed by atoms with Crippen LogP contribution >= 0.6 is 0 Å². The average molecular weight is 436 g/mol. The topological polar surface area (TPSA) is 64.4 Å². The fourth-order valence-corrected chi connectivity index (χ4v) is 4.06. The van der Waals surface area contributed by atoms with Gasteiger partial charge in [0.15, 0.2) is 0 Å². The number of para-hydroxylation sites is 1. The summed E-state index contributed by atoms with van der Waals surface area (Å²) in [6.07, 6.45) is 2.16. The van der Waals surface area contributed by atoms with Crippen LogP contribution < -0.4 is 5.56 Å². The predicted octanol–water partition coefficient (Wildman–Crippen LogP) is 4.74. The molecule has 3 rings (SSSR count). The molecule has 0 saturated carbocycles. The summed E-state index contributed by atoms with van der Waals surface area (Å²) >= 11 is 0. The van der Waals surface area contributed by atoms with E-state index < -0.39 is 0 Å². The summed E-state index contributed by atoms with van der Waals surface area (Å²) in [7, 11) is 1.66. The monoisotopic (exact) mass is 435 g/mol. The maximum absolute atomic E-state index is 13.6. The summed E-state index contributed by atoms with van der Waals surface area (Å²) in [6.45, 7) is 7.72. The summed E-state index contributed by atoms with van der Waals surface area (Å²) in [5.74, 6) is 0.592. The number of ether oxygens (including phenoxy) is 1. The van der Waals surface area contributed by atoms with Crippen molar-refractivity contribution in [3.05, 3.63) is 75.8 Å². The number of methoxy groups -OCH3 is 1. The van der Waals surface area contributed by atoms with Gasteiger partial charge in [0.2, 0.25) is 0 Å². The summed E-state index contributed by atoms with van der Waals surface area (Å²) in [6, 6.07) is 14.7. The molecule has 170 valence electrons. The number of benzene rings is 2. The normalized spacial score (nSPS) is 12.1. The molecule has 0 saturated heterocycles. The number of fused-ring (bicyclic) bond motifs is 1. The minimum absolute atomic E-state index is 0.0504. The van der Waals surface area contributed by atoms with Crippen LogP contribution in [0.5, 0.6) is 0 Å². The van der Waals surface area contributed by atoms with E-state index in [4.69, 9.17) is 9.72 Å². The van der Waals surface area contributed by atoms with E-state index >= 15 is 0 Å². The Morgan fingerprint density at radius 1 is 1.12 bits per heavy atom. The van der Waals surface area contributed by atoms with Crippen molar-refractivity contribution in [3.63, 3.8) is 0 Å². The molecule has 1 aromatic heterocycles. The molecule has 0 aliphatic rings. The van der Waals surface area contributed by atoms with Gasteiger partial charge in [0.05, 0.1) is 16.9 Å². The van der Waals surface area contributed by atoms with Crippen LogP contribution in [0, 0.1) is 6.92 Å². The smallest absolute Gasteiger partial charge is 0.261 e. The van der Waals surface area contributed by atoms with Crippen molar-refractivity contribution in [2.45, 2.75) is 52.6 Å². The van der Waals surface area contributed by atoms with Crippen LogP contribution in [0.25, 0.3) is 10.9 Å². The maximum atomic E-state index is 13.6. The number of rotatable bonds is 10. The highest BCUT2D eigenvalue weighted by Crippen LogP contribution is 2.26. The second kappa shape index (κ2) is 11.0. The predicted molar refractivity (Wildman–Crippen MR) is 128 cm³/mol. The lowest BCUT2D eigenvalue weighted by atomic mass is 10.1. The van der Waals surface area contributed by atoms with Crippen molar-refractivity contribution in [2.24, 2.45) is 0 Å². The number of aromatic nitrogens is 2. The zero-order chi connectivity index (χ0) is 23.1. The third-order valence-corrected chi connectivity index (χ3v) is 5.71. The Balaban J connectivity index is 2.12. The molecule has 0 radical (unpaired) electrons. The molecule has 32 heavy (non-hydrogen) atoms. The van der Waals surface area contributed by atoms with Gasteiger partial charge in [-0.2, -0.15) is 0 Å². The number of hydrogen-bond donors (Lipinski definition) is 0. The molecule has 0 fully saturated rings.